The van der Waals surface area contributed by atoms with Crippen molar-refractivity contribution in [3.63, 3.8) is 0 Å². The molecule has 2 aromatic carbocycles. The summed E-state index contributed by atoms with van der Waals surface area (Å²) in [7, 11) is 1.60. The van der Waals surface area contributed by atoms with E-state index in [9.17, 15) is 9.59 Å². The highest BCUT2D eigenvalue weighted by molar-refractivity contribution is 8.01. The number of amides is 2. The summed E-state index contributed by atoms with van der Waals surface area (Å²) in [5.41, 5.74) is 14.7. The summed E-state index contributed by atoms with van der Waals surface area (Å²) in [6.07, 6.45) is 0.486. The van der Waals surface area contributed by atoms with Crippen molar-refractivity contribution in [1.29, 1.82) is 0 Å². The Morgan fingerprint density at radius 2 is 1.93 bits per heavy atom. The van der Waals surface area contributed by atoms with E-state index in [1.807, 2.05) is 36.4 Å². The van der Waals surface area contributed by atoms with Crippen LogP contribution in [0.25, 0.3) is 0 Å². The first kappa shape index (κ1) is 21.5. The first-order valence-corrected chi connectivity index (χ1v) is 10.0. The number of ether oxygens (including phenoxy) is 1. The highest BCUT2D eigenvalue weighted by Gasteiger charge is 2.34. The van der Waals surface area contributed by atoms with Gasteiger partial charge >= 0.3 is 0 Å². The van der Waals surface area contributed by atoms with Crippen molar-refractivity contribution in [1.82, 2.24) is 5.48 Å². The maximum Gasteiger partial charge on any atom is 0.263 e. The molecule has 0 radical (unpaired) electrons. The minimum Gasteiger partial charge on any atom is -0.497 e. The molecule has 0 spiro atoms. The largest absolute Gasteiger partial charge is 0.497 e. The van der Waals surface area contributed by atoms with E-state index in [0.29, 0.717) is 12.1 Å². The van der Waals surface area contributed by atoms with Gasteiger partial charge in [-0.05, 0) is 41.8 Å². The number of hydroxylamine groups is 1. The lowest BCUT2D eigenvalue weighted by Gasteiger charge is -2.33. The lowest BCUT2D eigenvalue weighted by atomic mass is 10.1. The van der Waals surface area contributed by atoms with Crippen LogP contribution in [0.2, 0.25) is 0 Å². The lowest BCUT2D eigenvalue weighted by molar-refractivity contribution is -0.129. The van der Waals surface area contributed by atoms with Crippen molar-refractivity contribution in [2.24, 2.45) is 16.5 Å². The van der Waals surface area contributed by atoms with E-state index < -0.39 is 11.2 Å². The monoisotopic (exact) mass is 429 g/mol. The molecule has 0 saturated carbocycles. The Balaban J connectivity index is 1.90. The van der Waals surface area contributed by atoms with Gasteiger partial charge in [0, 0.05) is 4.90 Å². The normalized spacial score (nSPS) is 15.3. The molecule has 2 aromatic rings. The van der Waals surface area contributed by atoms with Crippen molar-refractivity contribution >= 4 is 35.2 Å². The first-order chi connectivity index (χ1) is 14.4. The third-order valence-corrected chi connectivity index (χ3v) is 5.83. The summed E-state index contributed by atoms with van der Waals surface area (Å²) in [6, 6.07) is 13.0. The van der Waals surface area contributed by atoms with E-state index in [1.54, 1.807) is 18.7 Å². The average Bonchev–Trinajstić information content (AvgIpc) is 2.75. The molecule has 1 unspecified atom stereocenters. The molecule has 0 aliphatic carbocycles. The van der Waals surface area contributed by atoms with Crippen LogP contribution in [-0.2, 0) is 22.6 Å². The van der Waals surface area contributed by atoms with Crippen LogP contribution in [0.15, 0.2) is 52.4 Å². The summed E-state index contributed by atoms with van der Waals surface area (Å²) >= 11 is 1.44. The van der Waals surface area contributed by atoms with E-state index in [1.165, 1.54) is 16.7 Å². The molecule has 3 rings (SSSR count). The molecule has 30 heavy (non-hydrogen) atoms. The first-order valence-electron chi connectivity index (χ1n) is 9.13. The molecule has 0 saturated heterocycles. The van der Waals surface area contributed by atoms with E-state index in [4.69, 9.17) is 21.4 Å². The summed E-state index contributed by atoms with van der Waals surface area (Å²) in [4.78, 5) is 31.3. The maximum atomic E-state index is 13.2. The zero-order valence-corrected chi connectivity index (χ0v) is 17.2. The van der Waals surface area contributed by atoms with Crippen LogP contribution < -0.4 is 26.6 Å². The Hall–Kier alpha value is -3.24. The van der Waals surface area contributed by atoms with Crippen LogP contribution in [0.3, 0.4) is 0 Å². The molecule has 1 heterocycles. The zero-order valence-electron chi connectivity index (χ0n) is 16.4. The number of aliphatic imine (C=N–C) groups is 1. The van der Waals surface area contributed by atoms with Gasteiger partial charge in [-0.25, -0.2) is 10.5 Å². The van der Waals surface area contributed by atoms with Gasteiger partial charge in [0.25, 0.3) is 5.91 Å². The number of carbonyl (C=O) groups is 2. The number of thioether (sulfide) groups is 1. The van der Waals surface area contributed by atoms with Gasteiger partial charge in [-0.2, -0.15) is 0 Å². The molecule has 2 amide bonds. The Bertz CT molecular complexity index is 960. The molecule has 1 aliphatic rings. The van der Waals surface area contributed by atoms with Crippen LogP contribution in [0.5, 0.6) is 5.75 Å². The number of methoxy groups -OCH3 is 1. The van der Waals surface area contributed by atoms with Gasteiger partial charge in [0.05, 0.1) is 24.6 Å². The SMILES string of the molecule is COc1ccc(CC2Sc3ccc(CN=C(N)N)cc3N(CC(=O)NO)C2=O)cc1. The number of hydrogen-bond acceptors (Lipinski definition) is 6. The molecule has 0 fully saturated rings. The third-order valence-electron chi connectivity index (χ3n) is 4.58. The third kappa shape index (κ3) is 5.02. The van der Waals surface area contributed by atoms with Crippen LogP contribution >= 0.6 is 11.8 Å². The van der Waals surface area contributed by atoms with Crippen LogP contribution in [0.4, 0.5) is 5.69 Å². The van der Waals surface area contributed by atoms with Gasteiger partial charge in [0.2, 0.25) is 5.91 Å². The number of guanidine groups is 1. The molecule has 0 aromatic heterocycles. The van der Waals surface area contributed by atoms with Crippen molar-refractivity contribution in [2.75, 3.05) is 18.6 Å². The van der Waals surface area contributed by atoms with E-state index in [2.05, 4.69) is 4.99 Å². The van der Waals surface area contributed by atoms with Crippen molar-refractivity contribution in [2.45, 2.75) is 23.1 Å². The Morgan fingerprint density at radius 3 is 2.57 bits per heavy atom. The number of nitrogens with two attached hydrogens (primary N) is 2. The molecular formula is C20H23N5O4S. The second-order valence-electron chi connectivity index (χ2n) is 6.66. The minimum atomic E-state index is -0.681. The zero-order chi connectivity index (χ0) is 21.7. The Kier molecular flexibility index (Phi) is 6.80. The summed E-state index contributed by atoms with van der Waals surface area (Å²) in [5.74, 6) is -0.194. The number of anilines is 1. The Labute approximate surface area is 178 Å². The molecule has 1 aliphatic heterocycles. The summed E-state index contributed by atoms with van der Waals surface area (Å²) < 4.78 is 5.17. The van der Waals surface area contributed by atoms with E-state index >= 15 is 0 Å². The quantitative estimate of drug-likeness (QED) is 0.223. The topological polar surface area (TPSA) is 143 Å². The molecule has 0 bridgehead atoms. The number of fused-ring (bicyclic) bond motifs is 1. The fourth-order valence-electron chi connectivity index (χ4n) is 3.10. The molecule has 6 N–H and O–H groups in total. The Morgan fingerprint density at radius 1 is 1.23 bits per heavy atom. The molecule has 9 nitrogen and oxygen atoms in total. The fourth-order valence-corrected chi connectivity index (χ4v) is 4.34. The smallest absolute Gasteiger partial charge is 0.263 e. The second-order valence-corrected chi connectivity index (χ2v) is 7.91. The second kappa shape index (κ2) is 9.51. The van der Waals surface area contributed by atoms with Crippen LogP contribution in [-0.4, -0.2) is 41.9 Å². The summed E-state index contributed by atoms with van der Waals surface area (Å²) in [6.45, 7) is -0.0441. The van der Waals surface area contributed by atoms with E-state index in [-0.39, 0.29) is 25.0 Å². The van der Waals surface area contributed by atoms with Gasteiger partial charge in [-0.1, -0.05) is 18.2 Å². The summed E-state index contributed by atoms with van der Waals surface area (Å²) in [5, 5.41) is 8.53. The number of hydrogen-bond donors (Lipinski definition) is 4. The molecular weight excluding hydrogens is 406 g/mol. The van der Waals surface area contributed by atoms with Crippen LogP contribution in [0, 0.1) is 0 Å². The van der Waals surface area contributed by atoms with E-state index in [0.717, 1.165) is 21.8 Å². The van der Waals surface area contributed by atoms with Gasteiger partial charge in [0.15, 0.2) is 5.96 Å². The predicted octanol–water partition coefficient (Wildman–Crippen LogP) is 1.02. The van der Waals surface area contributed by atoms with Crippen molar-refractivity contribution in [3.05, 3.63) is 53.6 Å². The minimum absolute atomic E-state index is 0.0331. The standard InChI is InChI=1S/C20H23N5O4S/c1-29-14-5-2-12(3-6-14)9-17-19(27)25(11-18(26)24-28)15-8-13(10-23-20(21)22)4-7-16(15)30-17/h2-8,17,28H,9-11H2,1H3,(H,24,26)(H4,21,22,23). The lowest BCUT2D eigenvalue weighted by Crippen LogP contribution is -2.46. The highest BCUT2D eigenvalue weighted by Crippen LogP contribution is 2.41. The number of benzene rings is 2. The highest BCUT2D eigenvalue weighted by atomic mass is 32.2. The maximum absolute atomic E-state index is 13.2. The predicted molar refractivity (Wildman–Crippen MR) is 115 cm³/mol. The van der Waals surface area contributed by atoms with Gasteiger partial charge in [-0.15, -0.1) is 11.8 Å². The number of nitrogens with one attached hydrogen (secondary N) is 1. The molecule has 10 heteroatoms. The van der Waals surface area contributed by atoms with Gasteiger partial charge in [0.1, 0.15) is 12.3 Å². The molecule has 1 atom stereocenters. The number of nitrogens with zero attached hydrogens (tertiary/aromatic N) is 2. The van der Waals surface area contributed by atoms with Crippen LogP contribution in [0.1, 0.15) is 11.1 Å². The fraction of sp³-hybridized carbons (Fsp3) is 0.250. The molecule has 158 valence electrons. The number of carbonyl (C=O) groups excluding carboxylic acids is 2. The van der Waals surface area contributed by atoms with Gasteiger partial charge < -0.3 is 21.1 Å². The number of rotatable bonds is 7. The van der Waals surface area contributed by atoms with Crippen molar-refractivity contribution < 1.29 is 19.5 Å². The van der Waals surface area contributed by atoms with Crippen molar-refractivity contribution in [3.8, 4) is 5.75 Å². The average molecular weight is 430 g/mol. The van der Waals surface area contributed by atoms with Gasteiger partial charge in [-0.3, -0.25) is 14.8 Å².